The number of hydrogen-bond acceptors (Lipinski definition) is 2. The Hall–Kier alpha value is -1.06. The molecule has 1 rings (SSSR count). The van der Waals surface area contributed by atoms with Crippen LogP contribution in [0.1, 0.15) is 59.3 Å². The summed E-state index contributed by atoms with van der Waals surface area (Å²) >= 11 is 0. The third kappa shape index (κ3) is 3.24. The molecule has 4 nitrogen and oxygen atoms in total. The third-order valence-corrected chi connectivity index (χ3v) is 4.24. The Bertz CT molecular complexity index is 317. The number of carbonyl (C=O) groups excluding carboxylic acids is 1. The summed E-state index contributed by atoms with van der Waals surface area (Å²) in [7, 11) is 0. The molecule has 0 aliphatic heterocycles. The Kier molecular flexibility index (Phi) is 4.77. The molecule has 104 valence electrons. The van der Waals surface area contributed by atoms with Crippen molar-refractivity contribution >= 4 is 11.9 Å². The molecule has 1 amide bonds. The van der Waals surface area contributed by atoms with Crippen LogP contribution < -0.4 is 5.32 Å². The van der Waals surface area contributed by atoms with Gasteiger partial charge in [-0.15, -0.1) is 0 Å². The van der Waals surface area contributed by atoms with Gasteiger partial charge in [-0.05, 0) is 33.1 Å². The standard InChI is InChI=1S/C14H25NO3/c1-4-14(8-6-5-7-9-14)11(16)15-10-13(2,3)12(17)18/h4-10H2,1-3H3,(H,15,16)(H,17,18). The van der Waals surface area contributed by atoms with Gasteiger partial charge >= 0.3 is 5.97 Å². The molecular formula is C14H25NO3. The number of carbonyl (C=O) groups is 2. The first-order valence-corrected chi connectivity index (χ1v) is 6.86. The summed E-state index contributed by atoms with van der Waals surface area (Å²) in [6.45, 7) is 5.51. The van der Waals surface area contributed by atoms with E-state index in [0.717, 1.165) is 32.1 Å². The van der Waals surface area contributed by atoms with Gasteiger partial charge in [0.2, 0.25) is 5.91 Å². The molecule has 0 aromatic heterocycles. The first kappa shape index (κ1) is 15.0. The van der Waals surface area contributed by atoms with Crippen molar-refractivity contribution in [2.45, 2.75) is 59.3 Å². The Labute approximate surface area is 109 Å². The molecule has 0 aromatic carbocycles. The molecule has 0 atom stereocenters. The Morgan fingerprint density at radius 2 is 1.78 bits per heavy atom. The molecule has 1 aliphatic rings. The van der Waals surface area contributed by atoms with E-state index in [1.54, 1.807) is 13.8 Å². The summed E-state index contributed by atoms with van der Waals surface area (Å²) in [5.41, 5.74) is -1.16. The van der Waals surface area contributed by atoms with Crippen LogP contribution in [0.2, 0.25) is 0 Å². The molecule has 0 aromatic rings. The van der Waals surface area contributed by atoms with E-state index < -0.39 is 11.4 Å². The van der Waals surface area contributed by atoms with E-state index in [4.69, 9.17) is 5.11 Å². The van der Waals surface area contributed by atoms with Crippen LogP contribution in [0.5, 0.6) is 0 Å². The highest BCUT2D eigenvalue weighted by molar-refractivity contribution is 5.83. The van der Waals surface area contributed by atoms with Crippen LogP contribution in [-0.2, 0) is 9.59 Å². The minimum absolute atomic E-state index is 0.0408. The van der Waals surface area contributed by atoms with E-state index in [0.29, 0.717) is 0 Å². The van der Waals surface area contributed by atoms with Gasteiger partial charge in [-0.25, -0.2) is 0 Å². The molecule has 4 heteroatoms. The zero-order valence-corrected chi connectivity index (χ0v) is 11.7. The second-order valence-corrected chi connectivity index (χ2v) is 6.07. The van der Waals surface area contributed by atoms with Gasteiger partial charge in [0.25, 0.3) is 0 Å². The highest BCUT2D eigenvalue weighted by Gasteiger charge is 2.38. The average molecular weight is 255 g/mol. The number of carboxylic acids is 1. The molecule has 0 spiro atoms. The Balaban J connectivity index is 2.61. The van der Waals surface area contributed by atoms with Crippen molar-refractivity contribution in [1.82, 2.24) is 5.32 Å². The van der Waals surface area contributed by atoms with Crippen molar-refractivity contribution in [3.05, 3.63) is 0 Å². The second-order valence-electron chi connectivity index (χ2n) is 6.07. The second kappa shape index (κ2) is 5.72. The normalized spacial score (nSPS) is 19.3. The van der Waals surface area contributed by atoms with Crippen LogP contribution in [0, 0.1) is 10.8 Å². The van der Waals surface area contributed by atoms with Crippen LogP contribution in [-0.4, -0.2) is 23.5 Å². The number of aliphatic carboxylic acids is 1. The van der Waals surface area contributed by atoms with E-state index in [2.05, 4.69) is 5.32 Å². The van der Waals surface area contributed by atoms with Crippen molar-refractivity contribution in [3.63, 3.8) is 0 Å². The van der Waals surface area contributed by atoms with Crippen molar-refractivity contribution in [2.24, 2.45) is 10.8 Å². The summed E-state index contributed by atoms with van der Waals surface area (Å²) in [5, 5.41) is 11.9. The molecular weight excluding hydrogens is 230 g/mol. The summed E-state index contributed by atoms with van der Waals surface area (Å²) in [5.74, 6) is -0.837. The lowest BCUT2D eigenvalue weighted by molar-refractivity contribution is -0.147. The Morgan fingerprint density at radius 1 is 1.22 bits per heavy atom. The van der Waals surface area contributed by atoms with Crippen LogP contribution in [0.15, 0.2) is 0 Å². The van der Waals surface area contributed by atoms with E-state index in [1.807, 2.05) is 6.92 Å². The lowest BCUT2D eigenvalue weighted by Crippen LogP contribution is -2.46. The summed E-state index contributed by atoms with van der Waals surface area (Å²) in [6.07, 6.45) is 6.11. The van der Waals surface area contributed by atoms with Crippen molar-refractivity contribution in [1.29, 1.82) is 0 Å². The zero-order chi connectivity index (χ0) is 13.8. The van der Waals surface area contributed by atoms with Gasteiger partial charge in [0.1, 0.15) is 0 Å². The predicted molar refractivity (Wildman–Crippen MR) is 70.2 cm³/mol. The number of rotatable bonds is 5. The summed E-state index contributed by atoms with van der Waals surface area (Å²) < 4.78 is 0. The molecule has 0 saturated heterocycles. The van der Waals surface area contributed by atoms with Gasteiger partial charge in [0.15, 0.2) is 0 Å². The SMILES string of the molecule is CCC1(C(=O)NCC(C)(C)C(=O)O)CCCCC1. The summed E-state index contributed by atoms with van der Waals surface area (Å²) in [4.78, 5) is 23.3. The maximum absolute atomic E-state index is 12.3. The number of amides is 1. The van der Waals surface area contributed by atoms with Crippen LogP contribution in [0.4, 0.5) is 0 Å². The monoisotopic (exact) mass is 255 g/mol. The van der Waals surface area contributed by atoms with Crippen LogP contribution in [0.3, 0.4) is 0 Å². The van der Waals surface area contributed by atoms with Crippen LogP contribution in [0.25, 0.3) is 0 Å². The smallest absolute Gasteiger partial charge is 0.310 e. The van der Waals surface area contributed by atoms with E-state index in [-0.39, 0.29) is 17.9 Å². The maximum atomic E-state index is 12.3. The van der Waals surface area contributed by atoms with E-state index in [1.165, 1.54) is 6.42 Å². The lowest BCUT2D eigenvalue weighted by atomic mass is 9.71. The van der Waals surface area contributed by atoms with Gasteiger partial charge in [0.05, 0.1) is 5.41 Å². The highest BCUT2D eigenvalue weighted by Crippen LogP contribution is 2.39. The largest absolute Gasteiger partial charge is 0.481 e. The van der Waals surface area contributed by atoms with Crippen molar-refractivity contribution in [3.8, 4) is 0 Å². The molecule has 18 heavy (non-hydrogen) atoms. The van der Waals surface area contributed by atoms with Gasteiger partial charge in [-0.1, -0.05) is 26.2 Å². The Morgan fingerprint density at radius 3 is 2.22 bits per heavy atom. The van der Waals surface area contributed by atoms with Gasteiger partial charge in [-0.2, -0.15) is 0 Å². The molecule has 0 radical (unpaired) electrons. The summed E-state index contributed by atoms with van der Waals surface area (Å²) in [6, 6.07) is 0. The number of hydrogen-bond donors (Lipinski definition) is 2. The fourth-order valence-corrected chi connectivity index (χ4v) is 2.53. The fourth-order valence-electron chi connectivity index (χ4n) is 2.53. The topological polar surface area (TPSA) is 66.4 Å². The molecule has 1 aliphatic carbocycles. The molecule has 0 heterocycles. The van der Waals surface area contributed by atoms with E-state index in [9.17, 15) is 9.59 Å². The fraction of sp³-hybridized carbons (Fsp3) is 0.857. The first-order valence-electron chi connectivity index (χ1n) is 6.86. The minimum atomic E-state index is -0.904. The average Bonchev–Trinajstić information content (AvgIpc) is 2.36. The third-order valence-electron chi connectivity index (χ3n) is 4.24. The first-order chi connectivity index (χ1) is 8.34. The molecule has 2 N–H and O–H groups in total. The van der Waals surface area contributed by atoms with Gasteiger partial charge in [0, 0.05) is 12.0 Å². The number of nitrogens with one attached hydrogen (secondary N) is 1. The number of carboxylic acid groups (broad SMARTS) is 1. The van der Waals surface area contributed by atoms with Crippen molar-refractivity contribution in [2.75, 3.05) is 6.54 Å². The quantitative estimate of drug-likeness (QED) is 0.793. The van der Waals surface area contributed by atoms with Crippen LogP contribution >= 0.6 is 0 Å². The zero-order valence-electron chi connectivity index (χ0n) is 11.7. The van der Waals surface area contributed by atoms with Gasteiger partial charge < -0.3 is 10.4 Å². The van der Waals surface area contributed by atoms with Gasteiger partial charge in [-0.3, -0.25) is 9.59 Å². The van der Waals surface area contributed by atoms with Crippen molar-refractivity contribution < 1.29 is 14.7 Å². The molecule has 0 bridgehead atoms. The maximum Gasteiger partial charge on any atom is 0.310 e. The minimum Gasteiger partial charge on any atom is -0.481 e. The molecule has 1 fully saturated rings. The predicted octanol–water partition coefficient (Wildman–Crippen LogP) is 2.57. The molecule has 0 unspecified atom stereocenters. The lowest BCUT2D eigenvalue weighted by Gasteiger charge is -2.35. The van der Waals surface area contributed by atoms with E-state index >= 15 is 0 Å². The molecule has 1 saturated carbocycles. The highest BCUT2D eigenvalue weighted by atomic mass is 16.4.